The lowest BCUT2D eigenvalue weighted by Crippen LogP contribution is -2.09. The molecule has 11 nitrogen and oxygen atoms in total. The van der Waals surface area contributed by atoms with E-state index in [2.05, 4.69) is 35.1 Å². The first-order valence-corrected chi connectivity index (χ1v) is 10.7. The van der Waals surface area contributed by atoms with Crippen molar-refractivity contribution in [3.63, 3.8) is 0 Å². The van der Waals surface area contributed by atoms with Gasteiger partial charge in [-0.3, -0.25) is 9.79 Å². The fourth-order valence-electron chi connectivity index (χ4n) is 3.90. The van der Waals surface area contributed by atoms with Crippen LogP contribution in [0.2, 0.25) is 0 Å². The zero-order chi connectivity index (χ0) is 23.5. The number of nitroso groups, excluding NO2 is 1. The van der Waals surface area contributed by atoms with Crippen LogP contribution in [-0.2, 0) is 0 Å². The minimum absolute atomic E-state index is 0.139. The van der Waals surface area contributed by atoms with Crippen LogP contribution in [0.4, 0.5) is 5.69 Å². The van der Waals surface area contributed by atoms with E-state index >= 15 is 0 Å². The molecule has 0 fully saturated rings. The van der Waals surface area contributed by atoms with Gasteiger partial charge in [0.15, 0.2) is 0 Å². The number of aromatic amines is 3. The van der Waals surface area contributed by atoms with Crippen LogP contribution in [0.15, 0.2) is 70.6 Å². The summed E-state index contributed by atoms with van der Waals surface area (Å²) in [6.07, 6.45) is 12.3. The van der Waals surface area contributed by atoms with E-state index < -0.39 is 0 Å². The molecule has 0 aliphatic rings. The summed E-state index contributed by atoms with van der Waals surface area (Å²) in [6, 6.07) is 5.69. The molecule has 0 radical (unpaired) electrons. The van der Waals surface area contributed by atoms with Gasteiger partial charge in [-0.2, -0.15) is 4.91 Å². The summed E-state index contributed by atoms with van der Waals surface area (Å²) in [4.78, 5) is 50.0. The van der Waals surface area contributed by atoms with Crippen molar-refractivity contribution in [2.75, 3.05) is 6.54 Å². The average molecular weight is 455 g/mol. The number of hydrogen-bond donors (Lipinski definition) is 3. The first-order valence-electron chi connectivity index (χ1n) is 10.7. The van der Waals surface area contributed by atoms with Crippen LogP contribution in [-0.4, -0.2) is 47.2 Å². The second kappa shape index (κ2) is 9.06. The van der Waals surface area contributed by atoms with Crippen molar-refractivity contribution in [1.82, 2.24) is 34.5 Å². The van der Waals surface area contributed by atoms with E-state index in [9.17, 15) is 9.70 Å². The number of imidazole rings is 3. The number of aromatic nitrogens is 7. The topological polar surface area (TPSA) is 150 Å². The number of benzene rings is 1. The number of nitrogens with one attached hydrogen (secondary N) is 3. The third-order valence-corrected chi connectivity index (χ3v) is 5.58. The van der Waals surface area contributed by atoms with Crippen LogP contribution in [0.1, 0.15) is 23.6 Å². The molecule has 34 heavy (non-hydrogen) atoms. The Kier molecular flexibility index (Phi) is 5.65. The number of nitrogens with zero attached hydrogens (tertiary/aromatic N) is 6. The number of pyridine rings is 1. The molecule has 4 heterocycles. The van der Waals surface area contributed by atoms with Gasteiger partial charge < -0.3 is 19.5 Å². The van der Waals surface area contributed by atoms with Gasteiger partial charge in [-0.1, -0.05) is 5.18 Å². The molecule has 1 unspecified atom stereocenters. The minimum atomic E-state index is -0.311. The Labute approximate surface area is 193 Å². The van der Waals surface area contributed by atoms with Crippen LogP contribution in [0.5, 0.6) is 0 Å². The minimum Gasteiger partial charge on any atom is -0.348 e. The predicted molar refractivity (Wildman–Crippen MR) is 129 cm³/mol. The predicted octanol–water partition coefficient (Wildman–Crippen LogP) is 3.78. The highest BCUT2D eigenvalue weighted by molar-refractivity contribution is 5.86. The van der Waals surface area contributed by atoms with Crippen molar-refractivity contribution in [3.8, 4) is 17.1 Å². The maximum atomic E-state index is 12.8. The number of aryl methyl sites for hydroxylation is 1. The number of hydrogen-bond acceptors (Lipinski definition) is 7. The Morgan fingerprint density at radius 2 is 2.15 bits per heavy atom. The van der Waals surface area contributed by atoms with E-state index in [1.165, 1.54) is 0 Å². The number of H-pyrrole nitrogens is 3. The Morgan fingerprint density at radius 3 is 2.91 bits per heavy atom. The number of fused-ring (bicyclic) bond motifs is 1. The van der Waals surface area contributed by atoms with Crippen LogP contribution < -0.4 is 5.56 Å². The molecule has 1 aromatic carbocycles. The van der Waals surface area contributed by atoms with Gasteiger partial charge in [0.25, 0.3) is 5.56 Å². The highest BCUT2D eigenvalue weighted by Gasteiger charge is 2.17. The lowest BCUT2D eigenvalue weighted by molar-refractivity contribution is 0.768. The molecule has 170 valence electrons. The van der Waals surface area contributed by atoms with Crippen molar-refractivity contribution in [2.24, 2.45) is 10.2 Å². The maximum Gasteiger partial charge on any atom is 0.261 e. The van der Waals surface area contributed by atoms with Crippen molar-refractivity contribution >= 4 is 22.9 Å². The number of rotatable bonds is 8. The summed E-state index contributed by atoms with van der Waals surface area (Å²) in [7, 11) is 0. The van der Waals surface area contributed by atoms with E-state index in [0.29, 0.717) is 23.5 Å². The fourth-order valence-corrected chi connectivity index (χ4v) is 3.90. The van der Waals surface area contributed by atoms with Crippen LogP contribution in [0.25, 0.3) is 28.1 Å². The molecule has 0 spiro atoms. The molecule has 0 aliphatic carbocycles. The molecule has 0 aliphatic heterocycles. The second-order valence-corrected chi connectivity index (χ2v) is 7.81. The van der Waals surface area contributed by atoms with Crippen molar-refractivity contribution in [2.45, 2.75) is 19.3 Å². The molecule has 0 amide bonds. The SMILES string of the molecule is Cc1cc(-n2ccnc2)cc2[nH]c(-c3c(N=CC(CCN=O)c4cnc[nH]4)cc[nH]c3=O)nc12. The molecule has 0 saturated heterocycles. The monoisotopic (exact) mass is 455 g/mol. The summed E-state index contributed by atoms with van der Waals surface area (Å²) in [5.41, 5.74) is 4.74. The first kappa shape index (κ1) is 21.2. The van der Waals surface area contributed by atoms with Gasteiger partial charge in [-0.25, -0.2) is 15.0 Å². The van der Waals surface area contributed by atoms with Crippen LogP contribution in [0, 0.1) is 11.8 Å². The van der Waals surface area contributed by atoms with E-state index in [-0.39, 0.29) is 18.0 Å². The van der Waals surface area contributed by atoms with Gasteiger partial charge in [-0.05, 0) is 37.1 Å². The molecular weight excluding hydrogens is 434 g/mol. The zero-order valence-corrected chi connectivity index (χ0v) is 18.3. The van der Waals surface area contributed by atoms with Gasteiger partial charge in [0, 0.05) is 48.3 Å². The smallest absolute Gasteiger partial charge is 0.261 e. The highest BCUT2D eigenvalue weighted by Crippen LogP contribution is 2.29. The Balaban J connectivity index is 1.56. The van der Waals surface area contributed by atoms with Crippen LogP contribution >= 0.6 is 0 Å². The number of aliphatic imine (C=N–C) groups is 1. The van der Waals surface area contributed by atoms with Crippen molar-refractivity contribution < 1.29 is 0 Å². The average Bonchev–Trinajstić information content (AvgIpc) is 3.60. The fraction of sp³-hybridized carbons (Fsp3) is 0.174. The first-order chi connectivity index (χ1) is 16.6. The van der Waals surface area contributed by atoms with Crippen molar-refractivity contribution in [1.29, 1.82) is 0 Å². The van der Waals surface area contributed by atoms with E-state index in [4.69, 9.17) is 4.98 Å². The summed E-state index contributed by atoms with van der Waals surface area (Å²) >= 11 is 0. The lowest BCUT2D eigenvalue weighted by Gasteiger charge is -2.08. The Bertz CT molecular complexity index is 1510. The summed E-state index contributed by atoms with van der Waals surface area (Å²) in [5, 5.41) is 2.96. The molecule has 5 rings (SSSR count). The Morgan fingerprint density at radius 1 is 1.24 bits per heavy atom. The highest BCUT2D eigenvalue weighted by atomic mass is 16.3. The second-order valence-electron chi connectivity index (χ2n) is 7.81. The summed E-state index contributed by atoms with van der Waals surface area (Å²) < 4.78 is 1.90. The molecule has 0 saturated carbocycles. The molecule has 5 aromatic rings. The third-order valence-electron chi connectivity index (χ3n) is 5.58. The molecule has 0 bridgehead atoms. The zero-order valence-electron chi connectivity index (χ0n) is 18.3. The molecule has 3 N–H and O–H groups in total. The van der Waals surface area contributed by atoms with E-state index in [0.717, 1.165) is 28.0 Å². The van der Waals surface area contributed by atoms with Gasteiger partial charge in [0.1, 0.15) is 11.4 Å². The molecule has 11 heteroatoms. The molecular formula is C23H21N9O2. The normalized spacial score (nSPS) is 12.5. The van der Waals surface area contributed by atoms with Gasteiger partial charge in [0.2, 0.25) is 0 Å². The quantitative estimate of drug-likeness (QED) is 0.240. The van der Waals surface area contributed by atoms with Crippen molar-refractivity contribution in [3.05, 3.63) is 82.2 Å². The molecule has 4 aromatic heterocycles. The largest absolute Gasteiger partial charge is 0.348 e. The van der Waals surface area contributed by atoms with Gasteiger partial charge in [0.05, 0.1) is 35.9 Å². The summed E-state index contributed by atoms with van der Waals surface area (Å²) in [6.45, 7) is 2.11. The van der Waals surface area contributed by atoms with Crippen LogP contribution in [0.3, 0.4) is 0 Å². The van der Waals surface area contributed by atoms with Gasteiger partial charge >= 0.3 is 0 Å². The van der Waals surface area contributed by atoms with E-state index in [1.54, 1.807) is 43.5 Å². The summed E-state index contributed by atoms with van der Waals surface area (Å²) in [5.74, 6) is 0.213. The Hall–Kier alpha value is -4.67. The molecule has 1 atom stereocenters. The van der Waals surface area contributed by atoms with Gasteiger partial charge in [-0.15, -0.1) is 0 Å². The lowest BCUT2D eigenvalue weighted by atomic mass is 10.0. The maximum absolute atomic E-state index is 12.8. The van der Waals surface area contributed by atoms with E-state index in [1.807, 2.05) is 29.8 Å². The standard InChI is InChI=1S/C23H21N9O2/c1-14-8-16(32-7-6-24-13-32)9-18-21(14)31-22(30-18)20-17(3-4-26-23(20)33)27-10-15(2-5-29-34)19-11-25-12-28-19/h3-4,6-13,15H,2,5H2,1H3,(H,25,28)(H,26,33)(H,30,31). The third kappa shape index (κ3) is 4.06.